The fourth-order valence-electron chi connectivity index (χ4n) is 5.44. The van der Waals surface area contributed by atoms with Crippen LogP contribution in [-0.2, 0) is 11.2 Å². The Bertz CT molecular complexity index is 591. The fourth-order valence-corrected chi connectivity index (χ4v) is 5.44. The molecule has 4 rings (SSSR count). The van der Waals surface area contributed by atoms with Gasteiger partial charge in [0.25, 0.3) is 0 Å². The lowest BCUT2D eigenvalue weighted by Crippen LogP contribution is -2.42. The number of carbonyl (C=O) groups is 1. The summed E-state index contributed by atoms with van der Waals surface area (Å²) < 4.78 is 5.43. The van der Waals surface area contributed by atoms with Gasteiger partial charge in [-0.05, 0) is 73.1 Å². The molecule has 0 N–H and O–H groups in total. The zero-order chi connectivity index (χ0) is 14.6. The van der Waals surface area contributed by atoms with Gasteiger partial charge in [-0.3, -0.25) is 4.79 Å². The van der Waals surface area contributed by atoms with Crippen molar-refractivity contribution in [3.8, 4) is 5.75 Å². The van der Waals surface area contributed by atoms with Crippen molar-refractivity contribution in [2.75, 3.05) is 7.11 Å². The van der Waals surface area contributed by atoms with E-state index < -0.39 is 0 Å². The molecule has 3 aliphatic rings. The molecular weight excluding hydrogens is 260 g/mol. The lowest BCUT2D eigenvalue weighted by Gasteiger charge is -2.48. The second-order valence-electron chi connectivity index (χ2n) is 7.40. The number of hydrogen-bond acceptors (Lipinski definition) is 2. The van der Waals surface area contributed by atoms with Crippen LogP contribution in [0.25, 0.3) is 0 Å². The van der Waals surface area contributed by atoms with Gasteiger partial charge in [0, 0.05) is 11.8 Å². The molecule has 0 amide bonds. The lowest BCUT2D eigenvalue weighted by molar-refractivity contribution is -0.129. The largest absolute Gasteiger partial charge is 0.497 e. The first kappa shape index (κ1) is 13.4. The first-order valence-electron chi connectivity index (χ1n) is 8.33. The third-order valence-electron chi connectivity index (χ3n) is 6.65. The van der Waals surface area contributed by atoms with E-state index in [1.54, 1.807) is 7.11 Å². The average Bonchev–Trinajstić information content (AvgIpc) is 2.82. The second kappa shape index (κ2) is 4.59. The van der Waals surface area contributed by atoms with E-state index in [2.05, 4.69) is 25.1 Å². The molecule has 0 saturated heterocycles. The number of methoxy groups -OCH3 is 1. The minimum absolute atomic E-state index is 0.0163. The number of fused-ring (bicyclic) bond motifs is 5. The van der Waals surface area contributed by atoms with Crippen LogP contribution in [0.4, 0.5) is 0 Å². The van der Waals surface area contributed by atoms with E-state index >= 15 is 0 Å². The zero-order valence-corrected chi connectivity index (χ0v) is 13.0. The van der Waals surface area contributed by atoms with Crippen molar-refractivity contribution >= 4 is 5.78 Å². The summed E-state index contributed by atoms with van der Waals surface area (Å²) in [5, 5.41) is 0. The summed E-state index contributed by atoms with van der Waals surface area (Å²) in [5.74, 6) is 3.47. The van der Waals surface area contributed by atoms with Gasteiger partial charge in [-0.25, -0.2) is 0 Å². The average molecular weight is 284 g/mol. The van der Waals surface area contributed by atoms with Gasteiger partial charge in [-0.2, -0.15) is 0 Å². The number of hydrogen-bond donors (Lipinski definition) is 0. The van der Waals surface area contributed by atoms with Gasteiger partial charge in [-0.15, -0.1) is 0 Å². The molecular formula is C19H24O2. The maximum atomic E-state index is 12.3. The molecule has 4 atom stereocenters. The molecule has 2 nitrogen and oxygen atoms in total. The van der Waals surface area contributed by atoms with Crippen LogP contribution < -0.4 is 4.74 Å². The molecule has 112 valence electrons. The highest BCUT2D eigenvalue weighted by atomic mass is 16.5. The van der Waals surface area contributed by atoms with Crippen molar-refractivity contribution in [1.82, 2.24) is 0 Å². The lowest BCUT2D eigenvalue weighted by atomic mass is 9.55. The summed E-state index contributed by atoms with van der Waals surface area (Å²) in [4.78, 5) is 12.3. The Hall–Kier alpha value is -1.31. The van der Waals surface area contributed by atoms with Crippen molar-refractivity contribution in [2.24, 2.45) is 17.3 Å². The Morgan fingerprint density at radius 1 is 1.19 bits per heavy atom. The van der Waals surface area contributed by atoms with E-state index in [0.29, 0.717) is 23.5 Å². The molecule has 0 aliphatic heterocycles. The Morgan fingerprint density at radius 3 is 2.86 bits per heavy atom. The molecule has 2 saturated carbocycles. The third kappa shape index (κ3) is 1.81. The Kier molecular flexibility index (Phi) is 2.92. The smallest absolute Gasteiger partial charge is 0.139 e. The van der Waals surface area contributed by atoms with Gasteiger partial charge in [-0.1, -0.05) is 13.0 Å². The summed E-state index contributed by atoms with van der Waals surface area (Å²) in [6.07, 6.45) is 6.61. The van der Waals surface area contributed by atoms with Crippen LogP contribution in [-0.4, -0.2) is 12.9 Å². The van der Waals surface area contributed by atoms with Crippen LogP contribution in [0.2, 0.25) is 0 Å². The maximum Gasteiger partial charge on any atom is 0.139 e. The van der Waals surface area contributed by atoms with Gasteiger partial charge in [0.05, 0.1) is 7.11 Å². The van der Waals surface area contributed by atoms with Crippen molar-refractivity contribution in [2.45, 2.75) is 51.4 Å². The van der Waals surface area contributed by atoms with E-state index in [1.165, 1.54) is 30.4 Å². The number of ketones is 1. The summed E-state index contributed by atoms with van der Waals surface area (Å²) >= 11 is 0. The molecule has 2 heteroatoms. The summed E-state index contributed by atoms with van der Waals surface area (Å²) in [5.41, 5.74) is 2.99. The SMILES string of the molecule is COc1ccc2c(c1)[C@H]1CC[C@]3(C)C(=O)CC[C@H]3[C@@H]1CC2. The van der Waals surface area contributed by atoms with Crippen LogP contribution in [0.5, 0.6) is 5.75 Å². The molecule has 0 bridgehead atoms. The zero-order valence-electron chi connectivity index (χ0n) is 13.0. The molecule has 1 aromatic rings. The maximum absolute atomic E-state index is 12.3. The van der Waals surface area contributed by atoms with E-state index in [-0.39, 0.29) is 5.41 Å². The molecule has 2 fully saturated rings. The minimum Gasteiger partial charge on any atom is -0.497 e. The molecule has 21 heavy (non-hydrogen) atoms. The van der Waals surface area contributed by atoms with Crippen LogP contribution in [0.15, 0.2) is 18.2 Å². The van der Waals surface area contributed by atoms with Gasteiger partial charge < -0.3 is 4.74 Å². The number of ether oxygens (including phenoxy) is 1. The van der Waals surface area contributed by atoms with Gasteiger partial charge in [0.15, 0.2) is 0 Å². The first-order chi connectivity index (χ1) is 10.1. The van der Waals surface area contributed by atoms with Gasteiger partial charge in [0.1, 0.15) is 11.5 Å². The minimum atomic E-state index is -0.0163. The number of aryl methyl sites for hydroxylation is 1. The van der Waals surface area contributed by atoms with E-state index in [9.17, 15) is 4.79 Å². The molecule has 0 unspecified atom stereocenters. The van der Waals surface area contributed by atoms with E-state index in [4.69, 9.17) is 4.74 Å². The number of rotatable bonds is 1. The molecule has 0 spiro atoms. The molecule has 0 radical (unpaired) electrons. The highest BCUT2D eigenvalue weighted by Gasteiger charge is 2.54. The van der Waals surface area contributed by atoms with Crippen molar-refractivity contribution < 1.29 is 9.53 Å². The van der Waals surface area contributed by atoms with Gasteiger partial charge >= 0.3 is 0 Å². The predicted octanol–water partition coefficient (Wildman–Crippen LogP) is 4.12. The standard InChI is InChI=1S/C19H24O2/c1-19-10-9-14-15(17(19)7-8-18(19)20)6-4-12-3-5-13(21-2)11-16(12)14/h3,5,11,14-15,17H,4,6-10H2,1-2H3/t14-,15+,17-,19-/m0/s1. The molecule has 0 aromatic heterocycles. The quantitative estimate of drug-likeness (QED) is 0.775. The molecule has 0 heterocycles. The Balaban J connectivity index is 1.72. The van der Waals surface area contributed by atoms with Crippen LogP contribution >= 0.6 is 0 Å². The van der Waals surface area contributed by atoms with Crippen molar-refractivity contribution in [1.29, 1.82) is 0 Å². The van der Waals surface area contributed by atoms with Crippen molar-refractivity contribution in [3.63, 3.8) is 0 Å². The number of benzene rings is 1. The third-order valence-corrected chi connectivity index (χ3v) is 6.65. The number of carbonyl (C=O) groups excluding carboxylic acids is 1. The Labute approximate surface area is 126 Å². The summed E-state index contributed by atoms with van der Waals surface area (Å²) in [6.45, 7) is 2.24. The highest BCUT2D eigenvalue weighted by molar-refractivity contribution is 5.87. The first-order valence-corrected chi connectivity index (χ1v) is 8.33. The molecule has 1 aromatic carbocycles. The Morgan fingerprint density at radius 2 is 2.05 bits per heavy atom. The van der Waals surface area contributed by atoms with E-state index in [0.717, 1.165) is 25.0 Å². The highest BCUT2D eigenvalue weighted by Crippen LogP contribution is 2.59. The van der Waals surface area contributed by atoms with Crippen LogP contribution in [0.1, 0.15) is 56.1 Å². The van der Waals surface area contributed by atoms with Crippen LogP contribution in [0.3, 0.4) is 0 Å². The van der Waals surface area contributed by atoms with E-state index in [1.807, 2.05) is 0 Å². The van der Waals surface area contributed by atoms with Crippen LogP contribution in [0, 0.1) is 17.3 Å². The normalized spacial score (nSPS) is 37.6. The predicted molar refractivity (Wildman–Crippen MR) is 82.6 cm³/mol. The monoisotopic (exact) mass is 284 g/mol. The number of Topliss-reactive ketones (excluding diaryl/α,β-unsaturated/α-hetero) is 1. The topological polar surface area (TPSA) is 26.3 Å². The summed E-state index contributed by atoms with van der Waals surface area (Å²) in [7, 11) is 1.75. The molecule has 3 aliphatic carbocycles. The van der Waals surface area contributed by atoms with Gasteiger partial charge in [0.2, 0.25) is 0 Å². The fraction of sp³-hybridized carbons (Fsp3) is 0.632. The summed E-state index contributed by atoms with van der Waals surface area (Å²) in [6, 6.07) is 6.59. The second-order valence-corrected chi connectivity index (χ2v) is 7.40. The van der Waals surface area contributed by atoms with Crippen molar-refractivity contribution in [3.05, 3.63) is 29.3 Å².